The molecule has 3 aromatic rings. The van der Waals surface area contributed by atoms with Gasteiger partial charge in [-0.3, -0.25) is 0 Å². The van der Waals surface area contributed by atoms with E-state index in [0.29, 0.717) is 21.9 Å². The van der Waals surface area contributed by atoms with Crippen molar-refractivity contribution in [3.8, 4) is 11.5 Å². The minimum Gasteiger partial charge on any atom is -0.351 e. The summed E-state index contributed by atoms with van der Waals surface area (Å²) in [6, 6.07) is 4.35. The van der Waals surface area contributed by atoms with Crippen LogP contribution >= 0.6 is 11.6 Å². The number of halogens is 2. The first-order valence-electron chi connectivity index (χ1n) is 4.86. The number of benzene rings is 1. The van der Waals surface area contributed by atoms with Gasteiger partial charge in [0.1, 0.15) is 11.5 Å². The summed E-state index contributed by atoms with van der Waals surface area (Å²) in [6.45, 7) is 0. The van der Waals surface area contributed by atoms with Gasteiger partial charge in [0.05, 0.1) is 12.1 Å². The van der Waals surface area contributed by atoms with Crippen LogP contribution in [0.1, 0.15) is 0 Å². The highest BCUT2D eigenvalue weighted by molar-refractivity contribution is 6.38. The zero-order valence-electron chi connectivity index (χ0n) is 8.78. The summed E-state index contributed by atoms with van der Waals surface area (Å²) in [4.78, 5) is 4.37. The highest BCUT2D eigenvalue weighted by Crippen LogP contribution is 2.32. The summed E-state index contributed by atoms with van der Waals surface area (Å²) < 4.78 is 13.1. The van der Waals surface area contributed by atoms with Gasteiger partial charge in [-0.05, 0) is 23.4 Å². The molecule has 0 bridgehead atoms. The molecule has 0 aliphatic rings. The maximum absolute atomic E-state index is 13.1. The third-order valence-electron chi connectivity index (χ3n) is 2.43. The summed E-state index contributed by atoms with van der Waals surface area (Å²) in [5.74, 6) is 0.0474. The summed E-state index contributed by atoms with van der Waals surface area (Å²) in [6.07, 6.45) is 0. The van der Waals surface area contributed by atoms with E-state index in [1.807, 2.05) is 0 Å². The second-order valence-electron chi connectivity index (χ2n) is 3.61. The van der Waals surface area contributed by atoms with Crippen molar-refractivity contribution in [3.63, 3.8) is 0 Å². The van der Waals surface area contributed by atoms with E-state index in [1.165, 1.54) is 16.9 Å². The van der Waals surface area contributed by atoms with Crippen LogP contribution in [0, 0.1) is 5.82 Å². The lowest BCUT2D eigenvalue weighted by Gasteiger charge is -1.90. The van der Waals surface area contributed by atoms with Gasteiger partial charge < -0.3 is 4.98 Å². The molecule has 0 aliphatic heterocycles. The first-order valence-corrected chi connectivity index (χ1v) is 5.24. The van der Waals surface area contributed by atoms with Crippen molar-refractivity contribution in [2.24, 2.45) is 7.05 Å². The molecule has 7 heteroatoms. The Bertz CT molecular complexity index is 702. The molecule has 86 valence electrons. The predicted molar refractivity (Wildman–Crippen MR) is 61.1 cm³/mol. The second kappa shape index (κ2) is 3.53. The molecule has 0 spiro atoms. The Hall–Kier alpha value is -1.95. The standard InChI is InChI=1S/C10H7ClFN5/c1-17-15-10(14-16-17)9-8(11)6-4-5(12)2-3-7(6)13-9/h2-4,13H,1H3. The lowest BCUT2D eigenvalue weighted by Crippen LogP contribution is -1.91. The number of tetrazole rings is 1. The molecule has 1 N–H and O–H groups in total. The maximum Gasteiger partial charge on any atom is 0.222 e. The number of hydrogen-bond donors (Lipinski definition) is 1. The van der Waals surface area contributed by atoms with Crippen LogP contribution in [0.5, 0.6) is 0 Å². The SMILES string of the molecule is Cn1nnc(-c2[nH]c3ccc(F)cc3c2Cl)n1. The first kappa shape index (κ1) is 10.2. The van der Waals surface area contributed by atoms with E-state index in [9.17, 15) is 4.39 Å². The second-order valence-corrected chi connectivity index (χ2v) is 3.98. The summed E-state index contributed by atoms with van der Waals surface area (Å²) in [5.41, 5.74) is 1.28. The number of nitrogens with zero attached hydrogens (tertiary/aromatic N) is 4. The van der Waals surface area contributed by atoms with Gasteiger partial charge in [-0.25, -0.2) is 4.39 Å². The van der Waals surface area contributed by atoms with E-state index >= 15 is 0 Å². The number of fused-ring (bicyclic) bond motifs is 1. The molecule has 5 nitrogen and oxygen atoms in total. The summed E-state index contributed by atoms with van der Waals surface area (Å²) in [5, 5.41) is 12.6. The molecule has 0 saturated heterocycles. The van der Waals surface area contributed by atoms with E-state index in [1.54, 1.807) is 13.1 Å². The normalized spacial score (nSPS) is 11.2. The molecule has 0 radical (unpaired) electrons. The van der Waals surface area contributed by atoms with Gasteiger partial charge in [0.2, 0.25) is 5.82 Å². The average Bonchev–Trinajstić information content (AvgIpc) is 2.84. The third-order valence-corrected chi connectivity index (χ3v) is 2.82. The molecule has 0 unspecified atom stereocenters. The van der Waals surface area contributed by atoms with Crippen molar-refractivity contribution in [2.45, 2.75) is 0 Å². The van der Waals surface area contributed by atoms with Crippen LogP contribution in [0.25, 0.3) is 22.4 Å². The minimum atomic E-state index is -0.336. The topological polar surface area (TPSA) is 59.4 Å². The van der Waals surface area contributed by atoms with Crippen molar-refractivity contribution in [3.05, 3.63) is 29.0 Å². The fraction of sp³-hybridized carbons (Fsp3) is 0.100. The molecular formula is C10H7ClFN5. The Kier molecular flexibility index (Phi) is 2.12. The first-order chi connectivity index (χ1) is 8.15. The highest BCUT2D eigenvalue weighted by Gasteiger charge is 2.15. The van der Waals surface area contributed by atoms with E-state index in [0.717, 1.165) is 5.52 Å². The van der Waals surface area contributed by atoms with Crippen molar-refractivity contribution in [1.29, 1.82) is 0 Å². The van der Waals surface area contributed by atoms with Crippen LogP contribution in [0.4, 0.5) is 4.39 Å². The Labute approximate surface area is 100 Å². The fourth-order valence-corrected chi connectivity index (χ4v) is 1.96. The molecule has 0 fully saturated rings. The number of hydrogen-bond acceptors (Lipinski definition) is 3. The smallest absolute Gasteiger partial charge is 0.222 e. The number of aryl methyl sites for hydroxylation is 1. The molecule has 0 amide bonds. The van der Waals surface area contributed by atoms with Crippen molar-refractivity contribution in [2.75, 3.05) is 0 Å². The van der Waals surface area contributed by atoms with E-state index in [2.05, 4.69) is 20.4 Å². The Morgan fingerprint density at radius 1 is 1.41 bits per heavy atom. The molecule has 0 atom stereocenters. The third kappa shape index (κ3) is 1.57. The maximum atomic E-state index is 13.1. The van der Waals surface area contributed by atoms with E-state index < -0.39 is 0 Å². The lowest BCUT2D eigenvalue weighted by atomic mass is 10.2. The monoisotopic (exact) mass is 251 g/mol. The van der Waals surface area contributed by atoms with Gasteiger partial charge in [-0.2, -0.15) is 4.80 Å². The molecule has 3 rings (SSSR count). The van der Waals surface area contributed by atoms with Crippen molar-refractivity contribution in [1.82, 2.24) is 25.2 Å². The molecule has 2 heterocycles. The summed E-state index contributed by atoms with van der Waals surface area (Å²) in [7, 11) is 1.66. The van der Waals surface area contributed by atoms with Gasteiger partial charge in [-0.15, -0.1) is 10.2 Å². The van der Waals surface area contributed by atoms with Crippen LogP contribution in [0.3, 0.4) is 0 Å². The summed E-state index contributed by atoms with van der Waals surface area (Å²) >= 11 is 6.16. The van der Waals surface area contributed by atoms with Crippen LogP contribution < -0.4 is 0 Å². The predicted octanol–water partition coefficient (Wildman–Crippen LogP) is 2.15. The molecule has 0 saturated carbocycles. The van der Waals surface area contributed by atoms with E-state index in [-0.39, 0.29) is 5.82 Å². The van der Waals surface area contributed by atoms with Gasteiger partial charge in [-0.1, -0.05) is 11.6 Å². The Balaban J connectivity index is 2.27. The number of aromatic amines is 1. The lowest BCUT2D eigenvalue weighted by molar-refractivity contribution is 0.629. The largest absolute Gasteiger partial charge is 0.351 e. The Morgan fingerprint density at radius 3 is 2.94 bits per heavy atom. The number of rotatable bonds is 1. The zero-order chi connectivity index (χ0) is 12.0. The van der Waals surface area contributed by atoms with E-state index in [4.69, 9.17) is 11.6 Å². The van der Waals surface area contributed by atoms with Gasteiger partial charge in [0.25, 0.3) is 0 Å². The fourth-order valence-electron chi connectivity index (χ4n) is 1.67. The van der Waals surface area contributed by atoms with Gasteiger partial charge >= 0.3 is 0 Å². The van der Waals surface area contributed by atoms with Crippen molar-refractivity contribution < 1.29 is 4.39 Å². The van der Waals surface area contributed by atoms with Crippen LogP contribution in [-0.4, -0.2) is 25.2 Å². The number of nitrogens with one attached hydrogen (secondary N) is 1. The number of aromatic nitrogens is 5. The average molecular weight is 252 g/mol. The number of H-pyrrole nitrogens is 1. The highest BCUT2D eigenvalue weighted by atomic mass is 35.5. The van der Waals surface area contributed by atoms with Gasteiger partial charge in [0.15, 0.2) is 0 Å². The Morgan fingerprint density at radius 2 is 2.24 bits per heavy atom. The minimum absolute atomic E-state index is 0.336. The zero-order valence-corrected chi connectivity index (χ0v) is 9.53. The molecule has 2 aromatic heterocycles. The quantitative estimate of drug-likeness (QED) is 0.721. The molecule has 1 aromatic carbocycles. The van der Waals surface area contributed by atoms with Crippen molar-refractivity contribution >= 4 is 22.5 Å². The van der Waals surface area contributed by atoms with Crippen LogP contribution in [0.15, 0.2) is 18.2 Å². The molecule has 0 aliphatic carbocycles. The van der Waals surface area contributed by atoms with Gasteiger partial charge in [0, 0.05) is 10.9 Å². The van der Waals surface area contributed by atoms with Crippen LogP contribution in [-0.2, 0) is 7.05 Å². The van der Waals surface area contributed by atoms with Crippen LogP contribution in [0.2, 0.25) is 5.02 Å². The molecular weight excluding hydrogens is 245 g/mol. The molecule has 17 heavy (non-hydrogen) atoms.